The molecular formula is C27H37N5O5. The summed E-state index contributed by atoms with van der Waals surface area (Å²) in [6.07, 6.45) is 7.85. The number of aromatic nitrogens is 3. The lowest BCUT2D eigenvalue weighted by molar-refractivity contribution is 0.0336. The molecule has 3 aromatic rings. The number of nitrogens with zero attached hydrogens (tertiary/aromatic N) is 4. The zero-order valence-electron chi connectivity index (χ0n) is 21.6. The molecule has 200 valence electrons. The summed E-state index contributed by atoms with van der Waals surface area (Å²) in [6, 6.07) is 6.90. The van der Waals surface area contributed by atoms with E-state index < -0.39 is 11.5 Å². The van der Waals surface area contributed by atoms with Crippen molar-refractivity contribution in [2.45, 2.75) is 58.5 Å². The molecule has 1 fully saturated rings. The van der Waals surface area contributed by atoms with E-state index in [1.807, 2.05) is 16.9 Å². The van der Waals surface area contributed by atoms with Crippen molar-refractivity contribution in [1.82, 2.24) is 25.2 Å². The van der Waals surface area contributed by atoms with Gasteiger partial charge in [0, 0.05) is 50.4 Å². The lowest BCUT2D eigenvalue weighted by atomic mass is 10.1. The van der Waals surface area contributed by atoms with Crippen LogP contribution in [0, 0.1) is 0 Å². The molecule has 1 amide bonds. The molecule has 1 aliphatic rings. The second kappa shape index (κ2) is 13.9. The van der Waals surface area contributed by atoms with Gasteiger partial charge in [0.1, 0.15) is 16.9 Å². The van der Waals surface area contributed by atoms with Crippen LogP contribution in [0.15, 0.2) is 39.7 Å². The number of aryl methyl sites for hydroxylation is 1. The second-order valence-corrected chi connectivity index (χ2v) is 9.38. The molecule has 4 rings (SSSR count). The fourth-order valence-electron chi connectivity index (χ4n) is 4.23. The number of rotatable bonds is 14. The van der Waals surface area contributed by atoms with Gasteiger partial charge in [0.05, 0.1) is 25.5 Å². The highest BCUT2D eigenvalue weighted by Gasteiger charge is 2.14. The van der Waals surface area contributed by atoms with Gasteiger partial charge in [-0.2, -0.15) is 0 Å². The minimum Gasteiger partial charge on any atom is -0.493 e. The predicted molar refractivity (Wildman–Crippen MR) is 140 cm³/mol. The monoisotopic (exact) mass is 511 g/mol. The molecule has 37 heavy (non-hydrogen) atoms. The largest absolute Gasteiger partial charge is 0.493 e. The van der Waals surface area contributed by atoms with Crippen molar-refractivity contribution in [2.75, 3.05) is 39.5 Å². The van der Waals surface area contributed by atoms with E-state index in [1.54, 1.807) is 18.2 Å². The number of morpholine rings is 1. The number of carbonyl (C=O) groups is 1. The summed E-state index contributed by atoms with van der Waals surface area (Å²) < 4.78 is 18.3. The molecule has 1 aliphatic heterocycles. The first-order valence-electron chi connectivity index (χ1n) is 13.3. The topological polar surface area (TPSA) is 112 Å². The van der Waals surface area contributed by atoms with Crippen LogP contribution in [-0.2, 0) is 17.8 Å². The van der Waals surface area contributed by atoms with Gasteiger partial charge < -0.3 is 19.2 Å². The van der Waals surface area contributed by atoms with Gasteiger partial charge >= 0.3 is 5.63 Å². The molecule has 0 atom stereocenters. The van der Waals surface area contributed by atoms with Gasteiger partial charge in [-0.1, -0.05) is 31.4 Å². The van der Waals surface area contributed by atoms with E-state index in [9.17, 15) is 9.59 Å². The van der Waals surface area contributed by atoms with Crippen molar-refractivity contribution >= 4 is 16.9 Å². The van der Waals surface area contributed by atoms with Gasteiger partial charge in [-0.3, -0.25) is 14.4 Å². The number of carbonyl (C=O) groups excluding carboxylic acids is 1. The third kappa shape index (κ3) is 8.13. The Bertz CT molecular complexity index is 1200. The number of amides is 1. The van der Waals surface area contributed by atoms with Crippen LogP contribution in [0.3, 0.4) is 0 Å². The predicted octanol–water partition coefficient (Wildman–Crippen LogP) is 3.39. The van der Waals surface area contributed by atoms with Gasteiger partial charge in [-0.05, 0) is 37.5 Å². The van der Waals surface area contributed by atoms with Crippen LogP contribution in [0.1, 0.15) is 61.5 Å². The number of fused-ring (bicyclic) bond motifs is 1. The van der Waals surface area contributed by atoms with Crippen LogP contribution in [0.2, 0.25) is 0 Å². The van der Waals surface area contributed by atoms with E-state index in [0.29, 0.717) is 29.9 Å². The molecule has 10 heteroatoms. The maximum Gasteiger partial charge on any atom is 0.349 e. The molecular weight excluding hydrogens is 474 g/mol. The fourth-order valence-corrected chi connectivity index (χ4v) is 4.23. The number of hydrogen-bond acceptors (Lipinski definition) is 8. The number of benzene rings is 1. The number of nitrogens with one attached hydrogen (secondary N) is 1. The van der Waals surface area contributed by atoms with Crippen LogP contribution in [0.5, 0.6) is 5.75 Å². The van der Waals surface area contributed by atoms with Gasteiger partial charge in [0.15, 0.2) is 0 Å². The molecule has 1 N–H and O–H groups in total. The van der Waals surface area contributed by atoms with Crippen molar-refractivity contribution in [1.29, 1.82) is 0 Å². The van der Waals surface area contributed by atoms with Crippen molar-refractivity contribution in [2.24, 2.45) is 0 Å². The zero-order chi connectivity index (χ0) is 25.9. The van der Waals surface area contributed by atoms with E-state index in [4.69, 9.17) is 13.9 Å². The normalized spacial score (nSPS) is 14.2. The van der Waals surface area contributed by atoms with Crippen LogP contribution < -0.4 is 15.7 Å². The summed E-state index contributed by atoms with van der Waals surface area (Å²) in [5, 5.41) is 12.0. The Kier molecular flexibility index (Phi) is 10.1. The minimum atomic E-state index is -0.642. The molecule has 0 bridgehead atoms. The smallest absolute Gasteiger partial charge is 0.349 e. The Labute approximate surface area is 216 Å². The molecule has 2 aromatic heterocycles. The van der Waals surface area contributed by atoms with Crippen molar-refractivity contribution < 1.29 is 18.7 Å². The lowest BCUT2D eigenvalue weighted by Crippen LogP contribution is -2.35. The van der Waals surface area contributed by atoms with Gasteiger partial charge in [-0.25, -0.2) is 4.79 Å². The molecule has 0 unspecified atom stereocenters. The molecule has 1 saturated heterocycles. The van der Waals surface area contributed by atoms with Crippen LogP contribution in [0.25, 0.3) is 11.0 Å². The Balaban J connectivity index is 1.14. The molecule has 10 nitrogen and oxygen atoms in total. The van der Waals surface area contributed by atoms with Crippen LogP contribution >= 0.6 is 0 Å². The van der Waals surface area contributed by atoms with Gasteiger partial charge in [-0.15, -0.1) is 5.10 Å². The Morgan fingerprint density at radius 3 is 2.78 bits per heavy atom. The average molecular weight is 512 g/mol. The van der Waals surface area contributed by atoms with Gasteiger partial charge in [0.2, 0.25) is 0 Å². The summed E-state index contributed by atoms with van der Waals surface area (Å²) in [7, 11) is 0. The lowest BCUT2D eigenvalue weighted by Gasteiger charge is -2.25. The molecule has 0 aliphatic carbocycles. The molecule has 0 spiro atoms. The maximum atomic E-state index is 12.5. The Hall–Kier alpha value is -3.24. The second-order valence-electron chi connectivity index (χ2n) is 9.38. The molecule has 3 heterocycles. The molecule has 1 aromatic carbocycles. The average Bonchev–Trinajstić information content (AvgIpc) is 3.35. The van der Waals surface area contributed by atoms with E-state index in [0.717, 1.165) is 83.6 Å². The van der Waals surface area contributed by atoms with Crippen molar-refractivity contribution in [3.05, 3.63) is 52.1 Å². The van der Waals surface area contributed by atoms with Crippen LogP contribution in [0.4, 0.5) is 0 Å². The zero-order valence-corrected chi connectivity index (χ0v) is 21.6. The third-order valence-electron chi connectivity index (χ3n) is 6.39. The number of hydrogen-bond donors (Lipinski definition) is 1. The first kappa shape index (κ1) is 26.8. The summed E-state index contributed by atoms with van der Waals surface area (Å²) in [5.74, 6) is 0.243. The van der Waals surface area contributed by atoms with Crippen molar-refractivity contribution in [3.63, 3.8) is 0 Å². The first-order valence-corrected chi connectivity index (χ1v) is 13.3. The minimum absolute atomic E-state index is 0.0196. The van der Waals surface area contributed by atoms with Gasteiger partial charge in [0.25, 0.3) is 5.91 Å². The Morgan fingerprint density at radius 1 is 1.11 bits per heavy atom. The number of unbranched alkanes of at least 4 members (excludes halogenated alkanes) is 4. The first-order chi connectivity index (χ1) is 18.1. The quantitative estimate of drug-likeness (QED) is 0.259. The standard InChI is InChI=1S/C27H37N5O5/c1-2-3-14-36-23-9-8-21-17-24(27(34)37-25(21)18-23)26(33)28-10-6-4-5-7-11-32-20-22(29-30-32)19-31-12-15-35-16-13-31/h8-9,17-18,20H,2-7,10-16,19H2,1H3,(H,28,33). The summed E-state index contributed by atoms with van der Waals surface area (Å²) in [5.41, 5.74) is 0.780. The molecule has 0 radical (unpaired) electrons. The Morgan fingerprint density at radius 2 is 1.95 bits per heavy atom. The molecule has 0 saturated carbocycles. The fraction of sp³-hybridized carbons (Fsp3) is 0.556. The van der Waals surface area contributed by atoms with E-state index in [-0.39, 0.29) is 5.56 Å². The van der Waals surface area contributed by atoms with E-state index in [2.05, 4.69) is 27.5 Å². The summed E-state index contributed by atoms with van der Waals surface area (Å²) >= 11 is 0. The summed E-state index contributed by atoms with van der Waals surface area (Å²) in [4.78, 5) is 27.3. The summed E-state index contributed by atoms with van der Waals surface area (Å²) in [6.45, 7) is 8.28. The van der Waals surface area contributed by atoms with Crippen LogP contribution in [-0.4, -0.2) is 65.3 Å². The van der Waals surface area contributed by atoms with E-state index in [1.165, 1.54) is 0 Å². The number of ether oxygens (including phenoxy) is 2. The third-order valence-corrected chi connectivity index (χ3v) is 6.39. The van der Waals surface area contributed by atoms with E-state index >= 15 is 0 Å². The highest BCUT2D eigenvalue weighted by atomic mass is 16.5. The maximum absolute atomic E-state index is 12.5. The van der Waals surface area contributed by atoms with Crippen molar-refractivity contribution in [3.8, 4) is 5.75 Å². The highest BCUT2D eigenvalue weighted by molar-refractivity contribution is 5.96. The highest BCUT2D eigenvalue weighted by Crippen LogP contribution is 2.21. The SMILES string of the molecule is CCCCOc1ccc2cc(C(=O)NCCCCCCn3cc(CN4CCOCC4)nn3)c(=O)oc2c1.